The molecular weight excluding hydrogens is 1470 g/mol. The molecule has 0 aliphatic heterocycles. The highest BCUT2D eigenvalue weighted by molar-refractivity contribution is 6.07. The van der Waals surface area contributed by atoms with E-state index in [2.05, 4.69) is 497 Å². The molecule has 574 valence electrons. The molecule has 0 bridgehead atoms. The van der Waals surface area contributed by atoms with Crippen LogP contribution in [-0.2, 0) is 10.8 Å². The standard InChI is InChI=1S/C120H84N2/c1-119(2)115-58-20-19-54-111(115)114-57-28-56-108(118(114)119)85-61-67-99(68-62-85)122(101-48-24-40-91(76-101)89-38-22-36-87(74-89)82-31-9-4-10-32-82)103-50-26-42-94(78-103)106-71-72-107(110-53-18-17-52-109(106)110)95-64-70-113-112-69-63-92(79-116(112)120(117(113)80-95,96-43-11-5-12-44-96)97-45-13-6-14-46-97)83-59-65-98(66-60-83)121(102-49-25-41-93(77-102)105-55-27-34-84-33-15-16-51-104(84)105)100-47-23-39-90(75-100)88-37-21-35-86(73-88)81-29-7-3-8-30-81/h3-80H,1-2H3. The van der Waals surface area contributed by atoms with E-state index in [1.807, 2.05) is 0 Å². The molecule has 2 aliphatic rings. The Kier molecular flexibility index (Phi) is 18.2. The van der Waals surface area contributed by atoms with Gasteiger partial charge in [0, 0.05) is 39.5 Å². The summed E-state index contributed by atoms with van der Waals surface area (Å²) in [5.74, 6) is 0. The van der Waals surface area contributed by atoms with Gasteiger partial charge in [-0.2, -0.15) is 0 Å². The summed E-state index contributed by atoms with van der Waals surface area (Å²) in [5.41, 5.74) is 39.5. The van der Waals surface area contributed by atoms with Crippen molar-refractivity contribution in [3.05, 3.63) is 507 Å². The Balaban J connectivity index is 0.633. The van der Waals surface area contributed by atoms with Crippen molar-refractivity contribution >= 4 is 55.7 Å². The third kappa shape index (κ3) is 12.7. The molecule has 22 rings (SSSR count). The van der Waals surface area contributed by atoms with E-state index < -0.39 is 5.41 Å². The number of nitrogens with zero attached hydrogens (tertiary/aromatic N) is 2. The smallest absolute Gasteiger partial charge is 0.0713 e. The largest absolute Gasteiger partial charge is 0.310 e. The highest BCUT2D eigenvalue weighted by Gasteiger charge is 2.47. The minimum Gasteiger partial charge on any atom is -0.310 e. The second kappa shape index (κ2) is 30.5. The van der Waals surface area contributed by atoms with Crippen molar-refractivity contribution in [3.8, 4) is 122 Å². The van der Waals surface area contributed by atoms with E-state index in [0.717, 1.165) is 84.2 Å². The number of fused-ring (bicyclic) bond motifs is 8. The molecule has 2 aliphatic carbocycles. The number of anilines is 6. The molecule has 0 unspecified atom stereocenters. The number of benzene rings is 20. The lowest BCUT2D eigenvalue weighted by Crippen LogP contribution is -2.28. The average Bonchev–Trinajstić information content (AvgIpc) is 1.53. The predicted octanol–water partition coefficient (Wildman–Crippen LogP) is 32.6. The van der Waals surface area contributed by atoms with E-state index in [4.69, 9.17) is 0 Å². The second-order valence-electron chi connectivity index (χ2n) is 33.0. The molecule has 0 spiro atoms. The van der Waals surface area contributed by atoms with Crippen LogP contribution < -0.4 is 9.80 Å². The molecule has 0 atom stereocenters. The van der Waals surface area contributed by atoms with Crippen LogP contribution >= 0.6 is 0 Å². The van der Waals surface area contributed by atoms with Gasteiger partial charge in [0.15, 0.2) is 0 Å². The fourth-order valence-electron chi connectivity index (χ4n) is 20.0. The summed E-state index contributed by atoms with van der Waals surface area (Å²) in [6.07, 6.45) is 0. The lowest BCUT2D eigenvalue weighted by molar-refractivity contribution is 0.662. The van der Waals surface area contributed by atoms with Gasteiger partial charge in [-0.05, 0) is 274 Å². The van der Waals surface area contributed by atoms with Crippen LogP contribution in [0.4, 0.5) is 34.1 Å². The van der Waals surface area contributed by atoms with Gasteiger partial charge < -0.3 is 9.80 Å². The first-order valence-electron chi connectivity index (χ1n) is 42.4. The first-order valence-corrected chi connectivity index (χ1v) is 42.4. The molecular formula is C120H84N2. The summed E-state index contributed by atoms with van der Waals surface area (Å²) in [6.45, 7) is 4.76. The topological polar surface area (TPSA) is 6.48 Å². The zero-order valence-electron chi connectivity index (χ0n) is 67.9. The first-order chi connectivity index (χ1) is 60.2. The zero-order valence-corrected chi connectivity index (χ0v) is 67.9. The maximum atomic E-state index is 2.52. The fourth-order valence-corrected chi connectivity index (χ4v) is 20.0. The minimum absolute atomic E-state index is 0.155. The first kappa shape index (κ1) is 72.9. The number of hydrogen-bond donors (Lipinski definition) is 0. The Labute approximate surface area is 714 Å². The number of hydrogen-bond acceptors (Lipinski definition) is 2. The van der Waals surface area contributed by atoms with E-state index in [-0.39, 0.29) is 5.41 Å². The van der Waals surface area contributed by atoms with Crippen LogP contribution in [0.25, 0.3) is 144 Å². The Morgan fingerprint density at radius 2 is 0.459 bits per heavy atom. The summed E-state index contributed by atoms with van der Waals surface area (Å²) < 4.78 is 0. The lowest BCUT2D eigenvalue weighted by Gasteiger charge is -2.34. The molecule has 20 aromatic carbocycles. The van der Waals surface area contributed by atoms with E-state index in [9.17, 15) is 0 Å². The normalized spacial score (nSPS) is 12.6. The maximum absolute atomic E-state index is 2.52. The molecule has 0 fully saturated rings. The Morgan fingerprint density at radius 3 is 0.984 bits per heavy atom. The molecule has 0 saturated heterocycles. The maximum Gasteiger partial charge on any atom is 0.0713 e. The van der Waals surface area contributed by atoms with Crippen molar-refractivity contribution in [3.63, 3.8) is 0 Å². The molecule has 0 radical (unpaired) electrons. The monoisotopic (exact) mass is 1550 g/mol. The molecule has 0 amide bonds. The summed E-state index contributed by atoms with van der Waals surface area (Å²) in [5, 5.41) is 4.83. The van der Waals surface area contributed by atoms with Crippen LogP contribution in [-0.4, -0.2) is 0 Å². The van der Waals surface area contributed by atoms with Gasteiger partial charge >= 0.3 is 0 Å². The van der Waals surface area contributed by atoms with Gasteiger partial charge in [0.25, 0.3) is 0 Å². The summed E-state index contributed by atoms with van der Waals surface area (Å²) in [4.78, 5) is 4.86. The molecule has 2 nitrogen and oxygen atoms in total. The van der Waals surface area contributed by atoms with Gasteiger partial charge in [-0.25, -0.2) is 0 Å². The van der Waals surface area contributed by atoms with Gasteiger partial charge in [0.1, 0.15) is 0 Å². The van der Waals surface area contributed by atoms with Crippen molar-refractivity contribution < 1.29 is 0 Å². The van der Waals surface area contributed by atoms with Crippen molar-refractivity contribution in [2.75, 3.05) is 9.80 Å². The van der Waals surface area contributed by atoms with E-state index in [1.54, 1.807) is 0 Å². The molecule has 2 heteroatoms. The van der Waals surface area contributed by atoms with Crippen LogP contribution in [0.2, 0.25) is 0 Å². The predicted molar refractivity (Wildman–Crippen MR) is 515 cm³/mol. The average molecular weight is 1550 g/mol. The van der Waals surface area contributed by atoms with Crippen LogP contribution in [0.3, 0.4) is 0 Å². The van der Waals surface area contributed by atoms with Crippen molar-refractivity contribution in [2.24, 2.45) is 0 Å². The van der Waals surface area contributed by atoms with Crippen molar-refractivity contribution in [1.82, 2.24) is 0 Å². The third-order valence-electron chi connectivity index (χ3n) is 25.7. The highest BCUT2D eigenvalue weighted by atomic mass is 15.1. The second-order valence-corrected chi connectivity index (χ2v) is 33.0. The summed E-state index contributed by atoms with van der Waals surface area (Å²) in [7, 11) is 0. The third-order valence-corrected chi connectivity index (χ3v) is 25.7. The zero-order chi connectivity index (χ0) is 81.2. The molecule has 122 heavy (non-hydrogen) atoms. The molecule has 0 N–H and O–H groups in total. The van der Waals surface area contributed by atoms with Gasteiger partial charge in [0.05, 0.1) is 5.41 Å². The van der Waals surface area contributed by atoms with Gasteiger partial charge in [-0.3, -0.25) is 0 Å². The summed E-state index contributed by atoms with van der Waals surface area (Å²) in [6, 6.07) is 176. The molecule has 0 aromatic heterocycles. The Morgan fingerprint density at radius 1 is 0.164 bits per heavy atom. The lowest BCUT2D eigenvalue weighted by atomic mass is 9.67. The van der Waals surface area contributed by atoms with Crippen LogP contribution in [0.5, 0.6) is 0 Å². The van der Waals surface area contributed by atoms with Crippen LogP contribution in [0.15, 0.2) is 473 Å². The SMILES string of the molecule is CC1(C)c2ccccc2-c2cccc(-c3ccc(N(c4cccc(-c5cccc(-c6ccccc6)c5)c4)c4cccc(-c5ccc(-c6ccc7c(c6)C(c6ccccc6)(c6ccccc6)c6cc(-c8ccc(N(c9cccc(-c%10cccc(-c%11ccccc%11)c%10)c9)c9cccc(-c%10cccc%11ccccc%10%11)c9)cc8)ccc6-7)c6ccccc56)c4)cc3)c21. The van der Waals surface area contributed by atoms with Gasteiger partial charge in [-0.1, -0.05) is 390 Å². The van der Waals surface area contributed by atoms with E-state index in [0.29, 0.717) is 0 Å². The summed E-state index contributed by atoms with van der Waals surface area (Å²) >= 11 is 0. The van der Waals surface area contributed by atoms with Gasteiger partial charge in [0.2, 0.25) is 0 Å². The highest BCUT2D eigenvalue weighted by Crippen LogP contribution is 2.59. The van der Waals surface area contributed by atoms with Gasteiger partial charge in [-0.15, -0.1) is 0 Å². The van der Waals surface area contributed by atoms with Crippen LogP contribution in [0.1, 0.15) is 47.2 Å². The van der Waals surface area contributed by atoms with E-state index in [1.165, 1.54) is 127 Å². The van der Waals surface area contributed by atoms with Crippen LogP contribution in [0, 0.1) is 0 Å². The molecule has 0 saturated carbocycles. The van der Waals surface area contributed by atoms with E-state index >= 15 is 0 Å². The van der Waals surface area contributed by atoms with Crippen molar-refractivity contribution in [2.45, 2.75) is 24.7 Å². The quantitative estimate of drug-likeness (QED) is 0.0896. The number of rotatable bonds is 17. The fraction of sp³-hybridized carbons (Fsp3) is 0.0333. The Bertz CT molecular complexity index is 7340. The molecule has 20 aromatic rings. The minimum atomic E-state index is -0.685. The molecule has 0 heterocycles. The van der Waals surface area contributed by atoms with Crippen molar-refractivity contribution in [1.29, 1.82) is 0 Å². The Hall–Kier alpha value is -15.5.